The van der Waals surface area contributed by atoms with E-state index in [0.29, 0.717) is 26.3 Å². The number of furan rings is 1. The standard InChI is InChI=1S/C11H13NO5/c13-10(12-2-1-4-16-5-3-12)9-6-8(7-17-9)11(14)15/h6-7H,1-5H2,(H,14,15). The number of carboxylic acids is 1. The smallest absolute Gasteiger partial charge is 0.338 e. The minimum atomic E-state index is -1.10. The van der Waals surface area contributed by atoms with Gasteiger partial charge in [0.1, 0.15) is 6.26 Å². The largest absolute Gasteiger partial charge is 0.478 e. The van der Waals surface area contributed by atoms with Crippen molar-refractivity contribution in [2.45, 2.75) is 6.42 Å². The molecule has 0 atom stereocenters. The third-order valence-electron chi connectivity index (χ3n) is 2.57. The monoisotopic (exact) mass is 239 g/mol. The number of carboxylic acid groups (broad SMARTS) is 1. The molecule has 1 aliphatic rings. The molecule has 1 N–H and O–H groups in total. The van der Waals surface area contributed by atoms with Gasteiger partial charge in [0.15, 0.2) is 5.76 Å². The average molecular weight is 239 g/mol. The van der Waals surface area contributed by atoms with Crippen LogP contribution in [0.15, 0.2) is 16.7 Å². The fraction of sp³-hybridized carbons (Fsp3) is 0.455. The van der Waals surface area contributed by atoms with E-state index in [1.807, 2.05) is 0 Å². The number of carbonyl (C=O) groups excluding carboxylic acids is 1. The van der Waals surface area contributed by atoms with Crippen LogP contribution in [0, 0.1) is 0 Å². The Hall–Kier alpha value is -1.82. The van der Waals surface area contributed by atoms with Gasteiger partial charge < -0.3 is 19.2 Å². The van der Waals surface area contributed by atoms with Gasteiger partial charge in [-0.15, -0.1) is 0 Å². The van der Waals surface area contributed by atoms with Gasteiger partial charge in [-0.1, -0.05) is 0 Å². The van der Waals surface area contributed by atoms with Crippen LogP contribution in [0.2, 0.25) is 0 Å². The van der Waals surface area contributed by atoms with Crippen LogP contribution in [0.1, 0.15) is 27.3 Å². The van der Waals surface area contributed by atoms with E-state index < -0.39 is 5.97 Å². The molecular weight excluding hydrogens is 226 g/mol. The van der Waals surface area contributed by atoms with Gasteiger partial charge in [0.25, 0.3) is 5.91 Å². The molecule has 1 aromatic heterocycles. The van der Waals surface area contributed by atoms with E-state index in [1.165, 1.54) is 6.07 Å². The second kappa shape index (κ2) is 5.01. The molecule has 6 nitrogen and oxygen atoms in total. The molecule has 0 spiro atoms. The first-order valence-electron chi connectivity index (χ1n) is 5.37. The maximum absolute atomic E-state index is 12.0. The number of hydrogen-bond acceptors (Lipinski definition) is 4. The molecule has 0 aliphatic carbocycles. The summed E-state index contributed by atoms with van der Waals surface area (Å²) in [6.07, 6.45) is 1.85. The Morgan fingerprint density at radius 2 is 2.12 bits per heavy atom. The van der Waals surface area contributed by atoms with Crippen LogP contribution in [-0.4, -0.2) is 48.2 Å². The second-order valence-electron chi connectivity index (χ2n) is 3.76. The summed E-state index contributed by atoms with van der Waals surface area (Å²) < 4.78 is 10.2. The van der Waals surface area contributed by atoms with Gasteiger partial charge in [0.2, 0.25) is 0 Å². The third-order valence-corrected chi connectivity index (χ3v) is 2.57. The minimum absolute atomic E-state index is 0.0144. The van der Waals surface area contributed by atoms with E-state index in [0.717, 1.165) is 12.7 Å². The lowest BCUT2D eigenvalue weighted by Crippen LogP contribution is -2.32. The van der Waals surface area contributed by atoms with E-state index in [-0.39, 0.29) is 17.2 Å². The molecule has 17 heavy (non-hydrogen) atoms. The van der Waals surface area contributed by atoms with E-state index in [1.54, 1.807) is 4.90 Å². The van der Waals surface area contributed by atoms with Gasteiger partial charge >= 0.3 is 5.97 Å². The Labute approximate surface area is 97.8 Å². The molecule has 0 unspecified atom stereocenters. The number of ether oxygens (including phenoxy) is 1. The van der Waals surface area contributed by atoms with Crippen molar-refractivity contribution < 1.29 is 23.8 Å². The van der Waals surface area contributed by atoms with Crippen LogP contribution in [-0.2, 0) is 4.74 Å². The number of rotatable bonds is 2. The Kier molecular flexibility index (Phi) is 3.43. The third kappa shape index (κ3) is 2.65. The minimum Gasteiger partial charge on any atom is -0.478 e. The molecule has 0 radical (unpaired) electrons. The first-order chi connectivity index (χ1) is 8.18. The zero-order valence-electron chi connectivity index (χ0n) is 9.22. The first-order valence-corrected chi connectivity index (χ1v) is 5.37. The molecule has 0 aromatic carbocycles. The number of carbonyl (C=O) groups is 2. The Morgan fingerprint density at radius 1 is 1.29 bits per heavy atom. The highest BCUT2D eigenvalue weighted by atomic mass is 16.5. The average Bonchev–Trinajstić information content (AvgIpc) is 2.65. The zero-order chi connectivity index (χ0) is 12.3. The van der Waals surface area contributed by atoms with Crippen molar-refractivity contribution in [3.05, 3.63) is 23.7 Å². The fourth-order valence-corrected chi connectivity index (χ4v) is 1.67. The van der Waals surface area contributed by atoms with Crippen molar-refractivity contribution in [1.29, 1.82) is 0 Å². The molecule has 1 aliphatic heterocycles. The quantitative estimate of drug-likeness (QED) is 0.827. The molecule has 1 saturated heterocycles. The number of nitrogens with zero attached hydrogens (tertiary/aromatic N) is 1. The molecule has 1 fully saturated rings. The molecule has 92 valence electrons. The Bertz CT molecular complexity index is 417. The van der Waals surface area contributed by atoms with Gasteiger partial charge in [-0.2, -0.15) is 0 Å². The van der Waals surface area contributed by atoms with E-state index in [4.69, 9.17) is 14.3 Å². The van der Waals surface area contributed by atoms with Crippen molar-refractivity contribution >= 4 is 11.9 Å². The number of amides is 1. The molecule has 0 saturated carbocycles. The maximum atomic E-state index is 12.0. The lowest BCUT2D eigenvalue weighted by Gasteiger charge is -2.17. The Morgan fingerprint density at radius 3 is 2.82 bits per heavy atom. The molecular formula is C11H13NO5. The van der Waals surface area contributed by atoms with Gasteiger partial charge in [0.05, 0.1) is 12.2 Å². The summed E-state index contributed by atoms with van der Waals surface area (Å²) in [5.74, 6) is -1.33. The SMILES string of the molecule is O=C(O)c1coc(C(=O)N2CCCOCC2)c1. The number of aromatic carboxylic acids is 1. The van der Waals surface area contributed by atoms with Crippen molar-refractivity contribution in [2.24, 2.45) is 0 Å². The lowest BCUT2D eigenvalue weighted by molar-refractivity contribution is 0.0692. The van der Waals surface area contributed by atoms with Crippen LogP contribution >= 0.6 is 0 Å². The number of hydrogen-bond donors (Lipinski definition) is 1. The highest BCUT2D eigenvalue weighted by Crippen LogP contribution is 2.12. The second-order valence-corrected chi connectivity index (χ2v) is 3.76. The van der Waals surface area contributed by atoms with E-state index >= 15 is 0 Å². The van der Waals surface area contributed by atoms with Crippen molar-refractivity contribution in [1.82, 2.24) is 4.90 Å². The molecule has 1 amide bonds. The van der Waals surface area contributed by atoms with Crippen molar-refractivity contribution in [3.8, 4) is 0 Å². The highest BCUT2D eigenvalue weighted by Gasteiger charge is 2.21. The summed E-state index contributed by atoms with van der Waals surface area (Å²) in [7, 11) is 0. The topological polar surface area (TPSA) is 80.0 Å². The Balaban J connectivity index is 2.09. The summed E-state index contributed by atoms with van der Waals surface area (Å²) in [6, 6.07) is 1.25. The predicted molar refractivity (Wildman–Crippen MR) is 57.0 cm³/mol. The molecule has 6 heteroatoms. The summed E-state index contributed by atoms with van der Waals surface area (Å²) in [6.45, 7) is 2.24. The van der Waals surface area contributed by atoms with Gasteiger partial charge in [-0.3, -0.25) is 4.79 Å². The summed E-state index contributed by atoms with van der Waals surface area (Å²) in [5, 5.41) is 8.73. The molecule has 0 bridgehead atoms. The van der Waals surface area contributed by atoms with Crippen LogP contribution < -0.4 is 0 Å². The van der Waals surface area contributed by atoms with Crippen LogP contribution in [0.25, 0.3) is 0 Å². The van der Waals surface area contributed by atoms with Gasteiger partial charge in [-0.05, 0) is 6.42 Å². The van der Waals surface area contributed by atoms with E-state index in [9.17, 15) is 9.59 Å². The zero-order valence-corrected chi connectivity index (χ0v) is 9.22. The lowest BCUT2D eigenvalue weighted by atomic mass is 10.3. The first kappa shape index (κ1) is 11.7. The highest BCUT2D eigenvalue weighted by molar-refractivity contribution is 5.95. The predicted octanol–water partition coefficient (Wildman–Crippen LogP) is 0.840. The van der Waals surface area contributed by atoms with Crippen molar-refractivity contribution in [3.63, 3.8) is 0 Å². The maximum Gasteiger partial charge on any atom is 0.338 e. The van der Waals surface area contributed by atoms with Crippen LogP contribution in [0.3, 0.4) is 0 Å². The molecule has 1 aromatic rings. The van der Waals surface area contributed by atoms with Crippen LogP contribution in [0.5, 0.6) is 0 Å². The normalized spacial score (nSPS) is 16.6. The molecule has 2 heterocycles. The summed E-state index contributed by atoms with van der Waals surface area (Å²) in [4.78, 5) is 24.2. The summed E-state index contributed by atoms with van der Waals surface area (Å²) >= 11 is 0. The van der Waals surface area contributed by atoms with Gasteiger partial charge in [0, 0.05) is 25.8 Å². The van der Waals surface area contributed by atoms with Crippen molar-refractivity contribution in [2.75, 3.05) is 26.3 Å². The summed E-state index contributed by atoms with van der Waals surface area (Å²) in [5.41, 5.74) is -0.0144. The van der Waals surface area contributed by atoms with E-state index in [2.05, 4.69) is 0 Å². The van der Waals surface area contributed by atoms with Gasteiger partial charge in [-0.25, -0.2) is 4.79 Å². The van der Waals surface area contributed by atoms with Crippen LogP contribution in [0.4, 0.5) is 0 Å². The fourth-order valence-electron chi connectivity index (χ4n) is 1.67. The molecule has 2 rings (SSSR count).